The Morgan fingerprint density at radius 1 is 1.18 bits per heavy atom. The summed E-state index contributed by atoms with van der Waals surface area (Å²) < 4.78 is 5.55. The molecule has 1 N–H and O–H groups in total. The van der Waals surface area contributed by atoms with Gasteiger partial charge in [-0.3, -0.25) is 4.79 Å². The lowest BCUT2D eigenvalue weighted by Gasteiger charge is -2.14. The highest BCUT2D eigenvalue weighted by molar-refractivity contribution is 5.78. The van der Waals surface area contributed by atoms with Crippen molar-refractivity contribution < 1.29 is 9.53 Å². The van der Waals surface area contributed by atoms with Crippen molar-refractivity contribution in [3.63, 3.8) is 0 Å². The molecule has 0 heterocycles. The van der Waals surface area contributed by atoms with Gasteiger partial charge in [0.25, 0.3) is 5.91 Å². The van der Waals surface area contributed by atoms with Crippen LogP contribution in [0.3, 0.4) is 0 Å². The number of carbonyl (C=O) groups is 1. The molecule has 3 nitrogen and oxygen atoms in total. The Morgan fingerprint density at radius 2 is 1.95 bits per heavy atom. The molecule has 22 heavy (non-hydrogen) atoms. The molecule has 0 saturated heterocycles. The number of amides is 1. The van der Waals surface area contributed by atoms with E-state index in [0.29, 0.717) is 0 Å². The molecule has 3 heteroatoms. The normalized spacial score (nSPS) is 16.1. The third kappa shape index (κ3) is 3.30. The number of ether oxygens (including phenoxy) is 1. The summed E-state index contributed by atoms with van der Waals surface area (Å²) in [4.78, 5) is 12.1. The van der Waals surface area contributed by atoms with E-state index in [0.717, 1.165) is 25.0 Å². The summed E-state index contributed by atoms with van der Waals surface area (Å²) in [5, 5.41) is 3.06. The summed E-state index contributed by atoms with van der Waals surface area (Å²) in [5.41, 5.74) is 3.84. The first-order chi connectivity index (χ1) is 10.8. The lowest BCUT2D eigenvalue weighted by Crippen LogP contribution is -2.31. The van der Waals surface area contributed by atoms with Crippen molar-refractivity contribution in [3.8, 4) is 5.75 Å². The Morgan fingerprint density at radius 3 is 2.73 bits per heavy atom. The third-order valence-electron chi connectivity index (χ3n) is 4.17. The van der Waals surface area contributed by atoms with Gasteiger partial charge in [-0.1, -0.05) is 43.3 Å². The molecule has 1 aliphatic rings. The topological polar surface area (TPSA) is 38.3 Å². The minimum Gasteiger partial charge on any atom is -0.484 e. The highest BCUT2D eigenvalue weighted by Gasteiger charge is 2.23. The number of benzene rings is 2. The van der Waals surface area contributed by atoms with Crippen LogP contribution >= 0.6 is 0 Å². The van der Waals surface area contributed by atoms with Crippen molar-refractivity contribution in [1.82, 2.24) is 5.32 Å². The van der Waals surface area contributed by atoms with Crippen LogP contribution in [-0.2, 0) is 17.6 Å². The van der Waals surface area contributed by atoms with Gasteiger partial charge < -0.3 is 10.1 Å². The molecule has 1 aliphatic carbocycles. The van der Waals surface area contributed by atoms with E-state index in [-0.39, 0.29) is 18.6 Å². The van der Waals surface area contributed by atoms with Crippen molar-refractivity contribution in [2.24, 2.45) is 0 Å². The predicted octanol–water partition coefficient (Wildman–Crippen LogP) is 3.43. The number of nitrogens with one attached hydrogen (secondary N) is 1. The fourth-order valence-electron chi connectivity index (χ4n) is 2.91. The maximum absolute atomic E-state index is 12.1. The summed E-state index contributed by atoms with van der Waals surface area (Å²) in [6, 6.07) is 16.3. The Bertz CT molecular complexity index is 649. The van der Waals surface area contributed by atoms with Crippen LogP contribution in [0.4, 0.5) is 0 Å². The number of aryl methyl sites for hydroxylation is 2. The van der Waals surface area contributed by atoms with E-state index in [2.05, 4.69) is 24.4 Å². The molecule has 2 aromatic carbocycles. The molecule has 0 aromatic heterocycles. The SMILES string of the molecule is CCc1ccc(OCC(=O)N[C@H]2CCc3ccccc32)cc1. The lowest BCUT2D eigenvalue weighted by molar-refractivity contribution is -0.123. The van der Waals surface area contributed by atoms with Crippen molar-refractivity contribution >= 4 is 5.91 Å². The molecule has 0 unspecified atom stereocenters. The molecule has 0 saturated carbocycles. The Balaban J connectivity index is 1.53. The molecule has 1 amide bonds. The van der Waals surface area contributed by atoms with Gasteiger partial charge in [-0.15, -0.1) is 0 Å². The minimum absolute atomic E-state index is 0.0597. The molecule has 0 fully saturated rings. The maximum atomic E-state index is 12.1. The molecule has 0 bridgehead atoms. The van der Waals surface area contributed by atoms with Gasteiger partial charge in [-0.2, -0.15) is 0 Å². The van der Waals surface area contributed by atoms with E-state index >= 15 is 0 Å². The molecular formula is C19H21NO2. The van der Waals surface area contributed by atoms with E-state index in [9.17, 15) is 4.79 Å². The number of hydrogen-bond donors (Lipinski definition) is 1. The van der Waals surface area contributed by atoms with E-state index in [1.165, 1.54) is 16.7 Å². The zero-order valence-corrected chi connectivity index (χ0v) is 12.8. The van der Waals surface area contributed by atoms with Gasteiger partial charge in [-0.05, 0) is 48.1 Å². The van der Waals surface area contributed by atoms with E-state index in [4.69, 9.17) is 4.74 Å². The quantitative estimate of drug-likeness (QED) is 0.917. The van der Waals surface area contributed by atoms with Crippen LogP contribution in [0.5, 0.6) is 5.75 Å². The Kier molecular flexibility index (Phi) is 4.42. The fourth-order valence-corrected chi connectivity index (χ4v) is 2.91. The molecule has 2 aromatic rings. The lowest BCUT2D eigenvalue weighted by atomic mass is 10.1. The van der Waals surface area contributed by atoms with Crippen LogP contribution in [0.15, 0.2) is 48.5 Å². The molecule has 114 valence electrons. The first-order valence-corrected chi connectivity index (χ1v) is 7.85. The summed E-state index contributed by atoms with van der Waals surface area (Å²) in [6.45, 7) is 2.17. The average molecular weight is 295 g/mol. The largest absolute Gasteiger partial charge is 0.484 e. The van der Waals surface area contributed by atoms with Crippen LogP contribution in [0.25, 0.3) is 0 Å². The maximum Gasteiger partial charge on any atom is 0.258 e. The van der Waals surface area contributed by atoms with Gasteiger partial charge in [0.15, 0.2) is 6.61 Å². The van der Waals surface area contributed by atoms with Crippen molar-refractivity contribution in [3.05, 3.63) is 65.2 Å². The highest BCUT2D eigenvalue weighted by atomic mass is 16.5. The van der Waals surface area contributed by atoms with Crippen molar-refractivity contribution in [1.29, 1.82) is 0 Å². The van der Waals surface area contributed by atoms with Gasteiger partial charge >= 0.3 is 0 Å². The average Bonchev–Trinajstić information content (AvgIpc) is 2.97. The van der Waals surface area contributed by atoms with Gasteiger partial charge in [0.2, 0.25) is 0 Å². The van der Waals surface area contributed by atoms with E-state index < -0.39 is 0 Å². The molecule has 3 rings (SSSR count). The smallest absolute Gasteiger partial charge is 0.258 e. The van der Waals surface area contributed by atoms with Crippen molar-refractivity contribution in [2.45, 2.75) is 32.2 Å². The van der Waals surface area contributed by atoms with Crippen LogP contribution in [0.2, 0.25) is 0 Å². The molecule has 0 spiro atoms. The molecule has 0 aliphatic heterocycles. The monoisotopic (exact) mass is 295 g/mol. The summed E-state index contributed by atoms with van der Waals surface area (Å²) in [5.74, 6) is 0.667. The Hall–Kier alpha value is -2.29. The van der Waals surface area contributed by atoms with Gasteiger partial charge in [-0.25, -0.2) is 0 Å². The second-order valence-corrected chi connectivity index (χ2v) is 5.64. The van der Waals surface area contributed by atoms with Crippen LogP contribution in [0, 0.1) is 0 Å². The number of hydrogen-bond acceptors (Lipinski definition) is 2. The second-order valence-electron chi connectivity index (χ2n) is 5.64. The van der Waals surface area contributed by atoms with E-state index in [1.54, 1.807) is 0 Å². The third-order valence-corrected chi connectivity index (χ3v) is 4.17. The standard InChI is InChI=1S/C19H21NO2/c1-2-14-7-10-16(11-8-14)22-13-19(21)20-18-12-9-15-5-3-4-6-17(15)18/h3-8,10-11,18H,2,9,12-13H2,1H3,(H,20,21)/t18-/m0/s1. The molecular weight excluding hydrogens is 274 g/mol. The van der Waals surface area contributed by atoms with Crippen LogP contribution in [-0.4, -0.2) is 12.5 Å². The first kappa shape index (κ1) is 14.6. The summed E-state index contributed by atoms with van der Waals surface area (Å²) in [7, 11) is 0. The zero-order chi connectivity index (χ0) is 15.4. The summed E-state index contributed by atoms with van der Waals surface area (Å²) in [6.07, 6.45) is 3.00. The first-order valence-electron chi connectivity index (χ1n) is 7.85. The van der Waals surface area contributed by atoms with E-state index in [1.807, 2.05) is 36.4 Å². The summed E-state index contributed by atoms with van der Waals surface area (Å²) >= 11 is 0. The number of carbonyl (C=O) groups excluding carboxylic acids is 1. The van der Waals surface area contributed by atoms with Crippen molar-refractivity contribution in [2.75, 3.05) is 6.61 Å². The zero-order valence-electron chi connectivity index (χ0n) is 12.8. The van der Waals surface area contributed by atoms with Crippen LogP contribution < -0.4 is 10.1 Å². The predicted molar refractivity (Wildman–Crippen MR) is 87.0 cm³/mol. The second kappa shape index (κ2) is 6.65. The van der Waals surface area contributed by atoms with Gasteiger partial charge in [0.1, 0.15) is 5.75 Å². The fraction of sp³-hybridized carbons (Fsp3) is 0.316. The van der Waals surface area contributed by atoms with Crippen LogP contribution in [0.1, 0.15) is 36.1 Å². The Labute approximate surface area is 131 Å². The minimum atomic E-state index is -0.0683. The molecule has 1 atom stereocenters. The van der Waals surface area contributed by atoms with Gasteiger partial charge in [0.05, 0.1) is 6.04 Å². The number of rotatable bonds is 5. The van der Waals surface area contributed by atoms with Gasteiger partial charge in [0, 0.05) is 0 Å². The number of fused-ring (bicyclic) bond motifs is 1. The highest BCUT2D eigenvalue weighted by Crippen LogP contribution is 2.30. The molecule has 0 radical (unpaired) electrons.